The predicted octanol–water partition coefficient (Wildman–Crippen LogP) is 1.59. The smallest absolute Gasteiger partial charge is 0.253 e. The molecule has 1 saturated heterocycles. The zero-order valence-corrected chi connectivity index (χ0v) is 13.4. The van der Waals surface area contributed by atoms with Gasteiger partial charge in [-0.1, -0.05) is 0 Å². The fourth-order valence-electron chi connectivity index (χ4n) is 3.28. The molecule has 0 spiro atoms. The van der Waals surface area contributed by atoms with E-state index in [0.717, 1.165) is 35.5 Å². The van der Waals surface area contributed by atoms with E-state index in [0.29, 0.717) is 18.7 Å². The van der Waals surface area contributed by atoms with E-state index >= 15 is 0 Å². The van der Waals surface area contributed by atoms with Crippen molar-refractivity contribution in [3.05, 3.63) is 35.4 Å². The fourth-order valence-corrected chi connectivity index (χ4v) is 3.28. The number of H-pyrrole nitrogens is 2. The molecule has 2 aromatic heterocycles. The minimum Gasteiger partial charge on any atom is -0.367 e. The molecule has 0 aliphatic carbocycles. The second-order valence-electron chi connectivity index (χ2n) is 6.20. The first-order valence-corrected chi connectivity index (χ1v) is 8.03. The van der Waals surface area contributed by atoms with Crippen LogP contribution in [0.3, 0.4) is 0 Å². The Morgan fingerprint density at radius 3 is 2.79 bits per heavy atom. The fraction of sp³-hybridized carbons (Fsp3) is 0.375. The molecule has 0 unspecified atom stereocenters. The number of hydrogen-bond acceptors (Lipinski definition) is 5. The Labute approximate surface area is 138 Å². The first-order chi connectivity index (χ1) is 11.6. The predicted molar refractivity (Wildman–Crippen MR) is 89.5 cm³/mol. The van der Waals surface area contributed by atoms with Gasteiger partial charge in [0, 0.05) is 24.6 Å². The van der Waals surface area contributed by atoms with Crippen LogP contribution in [-0.2, 0) is 0 Å². The van der Waals surface area contributed by atoms with Crippen LogP contribution in [-0.4, -0.2) is 49.0 Å². The van der Waals surface area contributed by atoms with Gasteiger partial charge in [-0.05, 0) is 38.0 Å². The quantitative estimate of drug-likeness (QED) is 0.661. The van der Waals surface area contributed by atoms with Crippen LogP contribution in [0.4, 0.5) is 5.95 Å². The molecule has 4 N–H and O–H groups in total. The highest BCUT2D eigenvalue weighted by Crippen LogP contribution is 2.27. The van der Waals surface area contributed by atoms with Crippen molar-refractivity contribution >= 4 is 22.9 Å². The van der Waals surface area contributed by atoms with Gasteiger partial charge in [-0.2, -0.15) is 4.98 Å². The number of aromatic amines is 2. The molecule has 124 valence electrons. The van der Waals surface area contributed by atoms with E-state index in [9.17, 15) is 4.79 Å². The molecular formula is C16H19N7O. The molecule has 3 heterocycles. The van der Waals surface area contributed by atoms with Gasteiger partial charge in [0.05, 0.1) is 11.0 Å². The molecule has 1 fully saturated rings. The minimum absolute atomic E-state index is 0.0553. The number of nitrogens with one attached hydrogen (secondary N) is 2. The van der Waals surface area contributed by atoms with Crippen molar-refractivity contribution in [2.75, 3.05) is 18.8 Å². The number of piperidine rings is 1. The zero-order valence-electron chi connectivity index (χ0n) is 13.4. The number of benzene rings is 1. The number of anilines is 1. The summed E-state index contributed by atoms with van der Waals surface area (Å²) in [7, 11) is 0. The van der Waals surface area contributed by atoms with Crippen LogP contribution < -0.4 is 5.73 Å². The maximum atomic E-state index is 12.7. The summed E-state index contributed by atoms with van der Waals surface area (Å²) in [6.45, 7) is 3.30. The molecule has 0 atom stereocenters. The van der Waals surface area contributed by atoms with E-state index in [1.165, 1.54) is 0 Å². The van der Waals surface area contributed by atoms with Crippen LogP contribution in [0.1, 0.15) is 40.8 Å². The average Bonchev–Trinajstić information content (AvgIpc) is 3.18. The van der Waals surface area contributed by atoms with Crippen molar-refractivity contribution in [1.82, 2.24) is 30.0 Å². The van der Waals surface area contributed by atoms with Crippen molar-refractivity contribution in [3.8, 4) is 0 Å². The second kappa shape index (κ2) is 5.63. The van der Waals surface area contributed by atoms with Gasteiger partial charge < -0.3 is 15.6 Å². The van der Waals surface area contributed by atoms with E-state index in [1.54, 1.807) is 0 Å². The number of nitrogens with two attached hydrogens (primary N) is 1. The molecule has 3 aromatic rings. The van der Waals surface area contributed by atoms with Crippen molar-refractivity contribution in [3.63, 3.8) is 0 Å². The van der Waals surface area contributed by atoms with Crippen LogP contribution in [0.2, 0.25) is 0 Å². The summed E-state index contributed by atoms with van der Waals surface area (Å²) in [5, 5.41) is 6.75. The van der Waals surface area contributed by atoms with Gasteiger partial charge in [0.15, 0.2) is 0 Å². The number of imidazole rings is 1. The maximum absolute atomic E-state index is 12.7. The van der Waals surface area contributed by atoms with Gasteiger partial charge >= 0.3 is 0 Å². The van der Waals surface area contributed by atoms with Gasteiger partial charge in [-0.3, -0.25) is 9.89 Å². The molecule has 24 heavy (non-hydrogen) atoms. The summed E-state index contributed by atoms with van der Waals surface area (Å²) in [5.41, 5.74) is 8.02. The number of likely N-dealkylation sites (tertiary alicyclic amines) is 1. The molecule has 0 radical (unpaired) electrons. The van der Waals surface area contributed by atoms with Crippen molar-refractivity contribution < 1.29 is 4.79 Å². The van der Waals surface area contributed by atoms with Crippen molar-refractivity contribution in [1.29, 1.82) is 0 Å². The number of carbonyl (C=O) groups excluding carboxylic acids is 1. The summed E-state index contributed by atoms with van der Waals surface area (Å²) in [6.07, 6.45) is 1.71. The third-order valence-corrected chi connectivity index (χ3v) is 4.54. The number of fused-ring (bicyclic) bond motifs is 1. The standard InChI is InChI=1S/C16H19N7O/c1-9-18-12-3-2-11(8-13(12)19-9)15(24)23-6-4-10(5-7-23)14-20-16(17)22-21-14/h2-3,8,10H,4-7H2,1H3,(H,18,19)(H3,17,20,21,22). The molecule has 8 heteroatoms. The number of amides is 1. The highest BCUT2D eigenvalue weighted by Gasteiger charge is 2.26. The Bertz CT molecular complexity index is 889. The van der Waals surface area contributed by atoms with Gasteiger partial charge in [0.1, 0.15) is 11.6 Å². The normalized spacial score (nSPS) is 16.0. The Kier molecular flexibility index (Phi) is 3.44. The second-order valence-corrected chi connectivity index (χ2v) is 6.20. The number of rotatable bonds is 2. The third-order valence-electron chi connectivity index (χ3n) is 4.54. The summed E-state index contributed by atoms with van der Waals surface area (Å²) < 4.78 is 0. The minimum atomic E-state index is 0.0553. The van der Waals surface area contributed by atoms with Crippen molar-refractivity contribution in [2.45, 2.75) is 25.7 Å². The molecule has 1 aliphatic rings. The highest BCUT2D eigenvalue weighted by molar-refractivity contribution is 5.97. The Morgan fingerprint density at radius 1 is 1.29 bits per heavy atom. The Hall–Kier alpha value is -2.90. The zero-order chi connectivity index (χ0) is 16.7. The molecule has 1 aliphatic heterocycles. The van der Waals surface area contributed by atoms with E-state index in [-0.39, 0.29) is 17.8 Å². The lowest BCUT2D eigenvalue weighted by Gasteiger charge is -2.31. The molecule has 0 saturated carbocycles. The van der Waals surface area contributed by atoms with E-state index < -0.39 is 0 Å². The number of nitrogens with zero attached hydrogens (tertiary/aromatic N) is 4. The lowest BCUT2D eigenvalue weighted by Crippen LogP contribution is -2.38. The van der Waals surface area contributed by atoms with Gasteiger partial charge in [0.25, 0.3) is 5.91 Å². The van der Waals surface area contributed by atoms with Crippen LogP contribution in [0.25, 0.3) is 11.0 Å². The number of aromatic nitrogens is 5. The maximum Gasteiger partial charge on any atom is 0.253 e. The number of carbonyl (C=O) groups is 1. The molecular weight excluding hydrogens is 306 g/mol. The summed E-state index contributed by atoms with van der Waals surface area (Å²) in [5.74, 6) is 2.26. The van der Waals surface area contributed by atoms with Crippen molar-refractivity contribution in [2.24, 2.45) is 0 Å². The van der Waals surface area contributed by atoms with Gasteiger partial charge in [-0.15, -0.1) is 5.10 Å². The topological polar surface area (TPSA) is 117 Å². The first kappa shape index (κ1) is 14.7. The Balaban J connectivity index is 1.47. The third kappa shape index (κ3) is 2.60. The molecule has 4 rings (SSSR count). The lowest BCUT2D eigenvalue weighted by molar-refractivity contribution is 0.0711. The lowest BCUT2D eigenvalue weighted by atomic mass is 9.95. The van der Waals surface area contributed by atoms with Crippen LogP contribution in [0, 0.1) is 6.92 Å². The molecule has 1 aromatic carbocycles. The number of nitrogen functional groups attached to an aromatic ring is 1. The SMILES string of the molecule is Cc1nc2ccc(C(=O)N3CCC(c4nc(N)n[nH]4)CC3)cc2[nH]1. The Morgan fingerprint density at radius 2 is 2.08 bits per heavy atom. The van der Waals surface area contributed by atoms with Crippen LogP contribution >= 0.6 is 0 Å². The largest absolute Gasteiger partial charge is 0.367 e. The molecule has 8 nitrogen and oxygen atoms in total. The summed E-state index contributed by atoms with van der Waals surface area (Å²) in [6, 6.07) is 5.60. The van der Waals surface area contributed by atoms with E-state index in [2.05, 4.69) is 25.1 Å². The van der Waals surface area contributed by atoms with Crippen LogP contribution in [0.5, 0.6) is 0 Å². The van der Waals surface area contributed by atoms with E-state index in [4.69, 9.17) is 5.73 Å². The van der Waals surface area contributed by atoms with Gasteiger partial charge in [0.2, 0.25) is 5.95 Å². The first-order valence-electron chi connectivity index (χ1n) is 8.03. The molecule has 1 amide bonds. The summed E-state index contributed by atoms with van der Waals surface area (Å²) in [4.78, 5) is 26.4. The molecule has 0 bridgehead atoms. The van der Waals surface area contributed by atoms with E-state index in [1.807, 2.05) is 30.0 Å². The number of hydrogen-bond donors (Lipinski definition) is 3. The van der Waals surface area contributed by atoms with Crippen LogP contribution in [0.15, 0.2) is 18.2 Å². The monoisotopic (exact) mass is 325 g/mol. The van der Waals surface area contributed by atoms with Gasteiger partial charge in [-0.25, -0.2) is 4.98 Å². The summed E-state index contributed by atoms with van der Waals surface area (Å²) >= 11 is 0. The number of aryl methyl sites for hydroxylation is 1. The highest BCUT2D eigenvalue weighted by atomic mass is 16.2. The average molecular weight is 325 g/mol.